The van der Waals surface area contributed by atoms with Crippen LogP contribution in [0.5, 0.6) is 11.5 Å². The van der Waals surface area contributed by atoms with Crippen molar-refractivity contribution in [2.75, 3.05) is 18.7 Å². The number of hydrogen-bond donors (Lipinski definition) is 1. The summed E-state index contributed by atoms with van der Waals surface area (Å²) in [5.74, 6) is 1.62. The maximum absolute atomic E-state index is 12.6. The zero-order valence-corrected chi connectivity index (χ0v) is 15.7. The number of anilines is 2. The molecule has 1 aromatic heterocycles. The van der Waals surface area contributed by atoms with Crippen LogP contribution in [-0.4, -0.2) is 29.7 Å². The van der Waals surface area contributed by atoms with E-state index in [1.807, 2.05) is 67.4 Å². The fourth-order valence-electron chi connectivity index (χ4n) is 2.91. The van der Waals surface area contributed by atoms with Crippen molar-refractivity contribution in [1.82, 2.24) is 15.3 Å². The molecule has 1 N–H and O–H groups in total. The van der Waals surface area contributed by atoms with E-state index in [-0.39, 0.29) is 12.7 Å². The van der Waals surface area contributed by atoms with Gasteiger partial charge in [-0.05, 0) is 42.8 Å². The first-order valence-electron chi connectivity index (χ1n) is 8.91. The van der Waals surface area contributed by atoms with Crippen molar-refractivity contribution < 1.29 is 14.3 Å². The Kier molecular flexibility index (Phi) is 4.80. The highest BCUT2D eigenvalue weighted by Gasteiger charge is 2.16. The van der Waals surface area contributed by atoms with Crippen molar-refractivity contribution in [3.05, 3.63) is 71.5 Å². The van der Waals surface area contributed by atoms with Gasteiger partial charge in [0.05, 0.1) is 0 Å². The Labute approximate surface area is 163 Å². The minimum absolute atomic E-state index is 0.225. The number of nitrogens with zero attached hydrogens (tertiary/aromatic N) is 3. The standard InChI is InChI=1S/C21H20N4O3/c1-14-10-17(24-21(23-14)25(2)16-6-4-3-5-7-16)20(26)22-12-15-8-9-18-19(11-15)28-13-27-18/h3-11H,12-13H2,1-2H3,(H,22,26). The zero-order chi connectivity index (χ0) is 19.5. The fourth-order valence-corrected chi connectivity index (χ4v) is 2.91. The number of ether oxygens (including phenoxy) is 2. The molecule has 0 aliphatic carbocycles. The van der Waals surface area contributed by atoms with Crippen molar-refractivity contribution in [2.45, 2.75) is 13.5 Å². The normalized spacial score (nSPS) is 11.9. The number of hydrogen-bond acceptors (Lipinski definition) is 6. The van der Waals surface area contributed by atoms with E-state index >= 15 is 0 Å². The van der Waals surface area contributed by atoms with Crippen LogP contribution < -0.4 is 19.7 Å². The topological polar surface area (TPSA) is 76.6 Å². The fraction of sp³-hybridized carbons (Fsp3) is 0.190. The Morgan fingerprint density at radius 2 is 1.86 bits per heavy atom. The van der Waals surface area contributed by atoms with E-state index in [1.54, 1.807) is 6.07 Å². The molecule has 2 heterocycles. The molecular weight excluding hydrogens is 356 g/mol. The number of aromatic nitrogens is 2. The van der Waals surface area contributed by atoms with Crippen LogP contribution in [0.2, 0.25) is 0 Å². The molecule has 7 heteroatoms. The van der Waals surface area contributed by atoms with Crippen LogP contribution in [0.4, 0.5) is 11.6 Å². The second kappa shape index (κ2) is 7.56. The van der Waals surface area contributed by atoms with Crippen molar-refractivity contribution >= 4 is 17.5 Å². The van der Waals surface area contributed by atoms with E-state index in [1.165, 1.54) is 0 Å². The number of rotatable bonds is 5. The van der Waals surface area contributed by atoms with Crippen LogP contribution in [0.1, 0.15) is 21.7 Å². The van der Waals surface area contributed by atoms with Crippen LogP contribution in [0.15, 0.2) is 54.6 Å². The second-order valence-corrected chi connectivity index (χ2v) is 6.46. The number of fused-ring (bicyclic) bond motifs is 1. The lowest BCUT2D eigenvalue weighted by Gasteiger charge is -2.18. The molecule has 142 valence electrons. The lowest BCUT2D eigenvalue weighted by Crippen LogP contribution is -2.25. The quantitative estimate of drug-likeness (QED) is 0.737. The smallest absolute Gasteiger partial charge is 0.270 e. The molecule has 0 unspecified atom stereocenters. The average molecular weight is 376 g/mol. The van der Waals surface area contributed by atoms with Gasteiger partial charge in [0, 0.05) is 25.0 Å². The van der Waals surface area contributed by atoms with Gasteiger partial charge in [-0.1, -0.05) is 24.3 Å². The third kappa shape index (κ3) is 3.73. The van der Waals surface area contributed by atoms with Gasteiger partial charge in [-0.2, -0.15) is 0 Å². The first kappa shape index (κ1) is 17.8. The Hall–Kier alpha value is -3.61. The first-order chi connectivity index (χ1) is 13.6. The summed E-state index contributed by atoms with van der Waals surface area (Å²) in [7, 11) is 1.87. The van der Waals surface area contributed by atoms with Crippen molar-refractivity contribution in [3.63, 3.8) is 0 Å². The molecule has 0 bridgehead atoms. The molecule has 0 radical (unpaired) electrons. The molecule has 4 rings (SSSR count). The Morgan fingerprint density at radius 1 is 1.07 bits per heavy atom. The number of amides is 1. The number of para-hydroxylation sites is 1. The number of nitrogens with one attached hydrogen (secondary N) is 1. The van der Waals surface area contributed by atoms with Crippen LogP contribution in [0.3, 0.4) is 0 Å². The Morgan fingerprint density at radius 3 is 2.68 bits per heavy atom. The Balaban J connectivity index is 1.49. The molecule has 0 saturated carbocycles. The lowest BCUT2D eigenvalue weighted by molar-refractivity contribution is 0.0945. The molecule has 1 aliphatic heterocycles. The van der Waals surface area contributed by atoms with E-state index < -0.39 is 0 Å². The maximum Gasteiger partial charge on any atom is 0.270 e. The van der Waals surface area contributed by atoms with Gasteiger partial charge in [-0.3, -0.25) is 4.79 Å². The summed E-state index contributed by atoms with van der Waals surface area (Å²) in [6, 6.07) is 17.0. The van der Waals surface area contributed by atoms with E-state index in [2.05, 4.69) is 15.3 Å². The number of benzene rings is 2. The number of carbonyl (C=O) groups is 1. The minimum Gasteiger partial charge on any atom is -0.454 e. The molecule has 0 spiro atoms. The largest absolute Gasteiger partial charge is 0.454 e. The minimum atomic E-state index is -0.258. The lowest BCUT2D eigenvalue weighted by atomic mass is 10.2. The van der Waals surface area contributed by atoms with E-state index in [0.717, 1.165) is 22.7 Å². The molecular formula is C21H20N4O3. The molecule has 0 atom stereocenters. The van der Waals surface area contributed by atoms with Gasteiger partial charge in [0.15, 0.2) is 11.5 Å². The van der Waals surface area contributed by atoms with E-state index in [9.17, 15) is 4.79 Å². The predicted molar refractivity (Wildman–Crippen MR) is 105 cm³/mol. The summed E-state index contributed by atoms with van der Waals surface area (Å²) in [6.07, 6.45) is 0. The van der Waals surface area contributed by atoms with Gasteiger partial charge in [-0.25, -0.2) is 9.97 Å². The summed E-state index contributed by atoms with van der Waals surface area (Å²) in [5, 5.41) is 2.90. The summed E-state index contributed by atoms with van der Waals surface area (Å²) < 4.78 is 10.7. The van der Waals surface area contributed by atoms with Crippen LogP contribution in [0, 0.1) is 6.92 Å². The second-order valence-electron chi connectivity index (χ2n) is 6.46. The molecule has 7 nitrogen and oxygen atoms in total. The third-order valence-corrected chi connectivity index (χ3v) is 4.41. The molecule has 0 fully saturated rings. The van der Waals surface area contributed by atoms with Gasteiger partial charge in [0.2, 0.25) is 12.7 Å². The van der Waals surface area contributed by atoms with E-state index in [0.29, 0.717) is 23.9 Å². The molecule has 1 amide bonds. The summed E-state index contributed by atoms with van der Waals surface area (Å²) >= 11 is 0. The highest BCUT2D eigenvalue weighted by Crippen LogP contribution is 2.32. The van der Waals surface area contributed by atoms with Gasteiger partial charge in [0.1, 0.15) is 5.69 Å². The molecule has 2 aromatic carbocycles. The molecule has 1 aliphatic rings. The van der Waals surface area contributed by atoms with Crippen LogP contribution in [0.25, 0.3) is 0 Å². The average Bonchev–Trinajstić information content (AvgIpc) is 3.19. The van der Waals surface area contributed by atoms with Gasteiger partial charge < -0.3 is 19.7 Å². The monoisotopic (exact) mass is 376 g/mol. The summed E-state index contributed by atoms with van der Waals surface area (Å²) in [4.78, 5) is 23.4. The predicted octanol–water partition coefficient (Wildman–Crippen LogP) is 3.21. The first-order valence-corrected chi connectivity index (χ1v) is 8.91. The molecule has 28 heavy (non-hydrogen) atoms. The summed E-state index contributed by atoms with van der Waals surface area (Å²) in [5.41, 5.74) is 2.91. The van der Waals surface area contributed by atoms with E-state index in [4.69, 9.17) is 9.47 Å². The van der Waals surface area contributed by atoms with Gasteiger partial charge in [-0.15, -0.1) is 0 Å². The van der Waals surface area contributed by atoms with Crippen molar-refractivity contribution in [3.8, 4) is 11.5 Å². The highest BCUT2D eigenvalue weighted by atomic mass is 16.7. The van der Waals surface area contributed by atoms with Crippen LogP contribution >= 0.6 is 0 Å². The van der Waals surface area contributed by atoms with Crippen molar-refractivity contribution in [2.24, 2.45) is 0 Å². The SMILES string of the molecule is Cc1cc(C(=O)NCc2ccc3c(c2)OCO3)nc(N(C)c2ccccc2)n1. The third-order valence-electron chi connectivity index (χ3n) is 4.41. The van der Waals surface area contributed by atoms with Gasteiger partial charge >= 0.3 is 0 Å². The van der Waals surface area contributed by atoms with Crippen LogP contribution in [-0.2, 0) is 6.54 Å². The van der Waals surface area contributed by atoms with Gasteiger partial charge in [0.25, 0.3) is 5.91 Å². The maximum atomic E-state index is 12.6. The van der Waals surface area contributed by atoms with Crippen molar-refractivity contribution in [1.29, 1.82) is 0 Å². The summed E-state index contributed by atoms with van der Waals surface area (Å²) in [6.45, 7) is 2.43. The Bertz CT molecular complexity index is 1010. The molecule has 3 aromatic rings. The zero-order valence-electron chi connectivity index (χ0n) is 15.7. The highest BCUT2D eigenvalue weighted by molar-refractivity contribution is 5.92. The molecule has 0 saturated heterocycles. The number of carbonyl (C=O) groups excluding carboxylic acids is 1. The number of aryl methyl sites for hydroxylation is 1.